The van der Waals surface area contributed by atoms with Crippen LogP contribution >= 0.6 is 0 Å². The van der Waals surface area contributed by atoms with Gasteiger partial charge in [0.2, 0.25) is 0 Å². The summed E-state index contributed by atoms with van der Waals surface area (Å²) in [5.74, 6) is 4.59. The number of methoxy groups -OCH3 is 1. The lowest BCUT2D eigenvalue weighted by molar-refractivity contribution is 0.0111. The van der Waals surface area contributed by atoms with Gasteiger partial charge in [0.1, 0.15) is 5.60 Å². The van der Waals surface area contributed by atoms with Gasteiger partial charge in [-0.05, 0) is 30.7 Å². The van der Waals surface area contributed by atoms with Crippen molar-refractivity contribution in [2.24, 2.45) is 0 Å². The number of hydrogen-bond donors (Lipinski definition) is 2. The van der Waals surface area contributed by atoms with Crippen molar-refractivity contribution in [3.8, 4) is 11.8 Å². The summed E-state index contributed by atoms with van der Waals surface area (Å²) in [5.41, 5.74) is -0.300. The number of ether oxygens (including phenoxy) is 1. The van der Waals surface area contributed by atoms with Crippen LogP contribution in [0.2, 0.25) is 0 Å². The molecule has 1 aromatic carbocycles. The monoisotopic (exact) mass is 248 g/mol. The molecule has 0 aromatic heterocycles. The minimum atomic E-state index is -1.17. The van der Waals surface area contributed by atoms with Gasteiger partial charge in [-0.3, -0.25) is 0 Å². The predicted octanol–water partition coefficient (Wildman–Crippen LogP) is 1.52. The highest BCUT2D eigenvalue weighted by atomic mass is 16.5. The van der Waals surface area contributed by atoms with Gasteiger partial charge in [0.05, 0.1) is 12.2 Å². The molecule has 96 valence electrons. The molecule has 0 heterocycles. The van der Waals surface area contributed by atoms with Gasteiger partial charge < -0.3 is 14.9 Å². The average molecular weight is 248 g/mol. The SMILES string of the molecule is CCC(O)(C#Cc1ccc(C(=O)O)cc1)COC. The summed E-state index contributed by atoms with van der Waals surface area (Å²) in [6.45, 7) is 1.96. The largest absolute Gasteiger partial charge is 0.478 e. The fourth-order valence-electron chi connectivity index (χ4n) is 1.35. The van der Waals surface area contributed by atoms with Crippen LogP contribution in [0.3, 0.4) is 0 Å². The smallest absolute Gasteiger partial charge is 0.335 e. The lowest BCUT2D eigenvalue weighted by atomic mass is 10.0. The van der Waals surface area contributed by atoms with Gasteiger partial charge in [-0.15, -0.1) is 0 Å². The Morgan fingerprint density at radius 3 is 2.44 bits per heavy atom. The third-order valence-corrected chi connectivity index (χ3v) is 2.54. The standard InChI is InChI=1S/C14H16O4/c1-3-14(17,10-18-2)9-8-11-4-6-12(7-5-11)13(15)16/h4-7,17H,3,10H2,1-2H3,(H,15,16). The van der Waals surface area contributed by atoms with E-state index in [-0.39, 0.29) is 12.2 Å². The highest BCUT2D eigenvalue weighted by Gasteiger charge is 2.20. The van der Waals surface area contributed by atoms with Crippen LogP contribution in [0, 0.1) is 11.8 Å². The first-order valence-corrected chi connectivity index (χ1v) is 5.58. The van der Waals surface area contributed by atoms with E-state index in [1.807, 2.05) is 6.92 Å². The minimum Gasteiger partial charge on any atom is -0.478 e. The number of benzene rings is 1. The van der Waals surface area contributed by atoms with E-state index < -0.39 is 11.6 Å². The molecule has 4 heteroatoms. The fraction of sp³-hybridized carbons (Fsp3) is 0.357. The first-order chi connectivity index (χ1) is 8.50. The molecule has 1 rings (SSSR count). The van der Waals surface area contributed by atoms with E-state index in [4.69, 9.17) is 9.84 Å². The molecule has 18 heavy (non-hydrogen) atoms. The Kier molecular flexibility index (Phi) is 4.90. The second kappa shape index (κ2) is 6.20. The molecule has 0 fully saturated rings. The number of hydrogen-bond acceptors (Lipinski definition) is 3. The van der Waals surface area contributed by atoms with Crippen molar-refractivity contribution >= 4 is 5.97 Å². The van der Waals surface area contributed by atoms with Gasteiger partial charge in [-0.25, -0.2) is 4.79 Å². The van der Waals surface area contributed by atoms with E-state index in [0.717, 1.165) is 0 Å². The molecule has 0 aliphatic heterocycles. The number of carbonyl (C=O) groups is 1. The molecular formula is C14H16O4. The third-order valence-electron chi connectivity index (χ3n) is 2.54. The maximum atomic E-state index is 10.7. The molecule has 0 saturated heterocycles. The zero-order chi connectivity index (χ0) is 13.6. The Labute approximate surface area is 106 Å². The Hall–Kier alpha value is -1.83. The first-order valence-electron chi connectivity index (χ1n) is 5.58. The second-order valence-corrected chi connectivity index (χ2v) is 3.95. The van der Waals surface area contributed by atoms with Crippen molar-refractivity contribution in [3.05, 3.63) is 35.4 Å². The van der Waals surface area contributed by atoms with Crippen LogP contribution in [-0.4, -0.2) is 35.5 Å². The van der Waals surface area contributed by atoms with Gasteiger partial charge in [0, 0.05) is 12.7 Å². The number of rotatable bonds is 4. The summed E-state index contributed by atoms with van der Waals surface area (Å²) in [6.07, 6.45) is 0.459. The zero-order valence-electron chi connectivity index (χ0n) is 10.4. The highest BCUT2D eigenvalue weighted by Crippen LogP contribution is 2.10. The molecule has 1 unspecified atom stereocenters. The molecule has 1 atom stereocenters. The van der Waals surface area contributed by atoms with E-state index >= 15 is 0 Å². The summed E-state index contributed by atoms with van der Waals surface area (Å²) in [6, 6.07) is 6.18. The molecule has 0 saturated carbocycles. The molecule has 0 amide bonds. The van der Waals surface area contributed by atoms with E-state index in [2.05, 4.69) is 11.8 Å². The van der Waals surface area contributed by atoms with E-state index in [1.54, 1.807) is 12.1 Å². The second-order valence-electron chi connectivity index (χ2n) is 3.95. The van der Waals surface area contributed by atoms with Crippen molar-refractivity contribution in [3.63, 3.8) is 0 Å². The van der Waals surface area contributed by atoms with Crippen molar-refractivity contribution in [2.75, 3.05) is 13.7 Å². The molecule has 0 aliphatic rings. The zero-order valence-corrected chi connectivity index (χ0v) is 10.4. The number of aliphatic hydroxyl groups is 1. The quantitative estimate of drug-likeness (QED) is 0.793. The number of carboxylic acids is 1. The lowest BCUT2D eigenvalue weighted by Crippen LogP contribution is -2.31. The topological polar surface area (TPSA) is 66.8 Å². The minimum absolute atomic E-state index is 0.143. The molecule has 4 nitrogen and oxygen atoms in total. The van der Waals surface area contributed by atoms with Crippen molar-refractivity contribution in [2.45, 2.75) is 18.9 Å². The van der Waals surface area contributed by atoms with Crippen LogP contribution in [0.25, 0.3) is 0 Å². The van der Waals surface area contributed by atoms with Crippen LogP contribution in [0.5, 0.6) is 0 Å². The van der Waals surface area contributed by atoms with Gasteiger partial charge in [0.25, 0.3) is 0 Å². The first kappa shape index (κ1) is 14.2. The summed E-state index contributed by atoms with van der Waals surface area (Å²) in [4.78, 5) is 10.7. The Balaban J connectivity index is 2.87. The van der Waals surface area contributed by atoms with E-state index in [9.17, 15) is 9.90 Å². The maximum absolute atomic E-state index is 10.7. The fourth-order valence-corrected chi connectivity index (χ4v) is 1.35. The Morgan fingerprint density at radius 2 is 2.00 bits per heavy atom. The van der Waals surface area contributed by atoms with Crippen LogP contribution in [0.1, 0.15) is 29.3 Å². The van der Waals surface area contributed by atoms with Gasteiger partial charge >= 0.3 is 5.97 Å². The van der Waals surface area contributed by atoms with Gasteiger partial charge in [-0.2, -0.15) is 0 Å². The molecule has 1 aromatic rings. The molecule has 0 spiro atoms. The predicted molar refractivity (Wildman–Crippen MR) is 67.4 cm³/mol. The third kappa shape index (κ3) is 3.88. The van der Waals surface area contributed by atoms with Crippen molar-refractivity contribution in [1.29, 1.82) is 0 Å². The molecular weight excluding hydrogens is 232 g/mol. The summed E-state index contributed by atoms with van der Waals surface area (Å²) >= 11 is 0. The summed E-state index contributed by atoms with van der Waals surface area (Å²) in [7, 11) is 1.50. The molecule has 0 aliphatic carbocycles. The number of aromatic carboxylic acids is 1. The Bertz CT molecular complexity index is 467. The number of carboxylic acid groups (broad SMARTS) is 1. The van der Waals surface area contributed by atoms with Gasteiger partial charge in [-0.1, -0.05) is 18.8 Å². The van der Waals surface area contributed by atoms with E-state index in [1.165, 1.54) is 19.2 Å². The molecule has 0 bridgehead atoms. The van der Waals surface area contributed by atoms with Crippen LogP contribution in [0.15, 0.2) is 24.3 Å². The summed E-state index contributed by atoms with van der Waals surface area (Å²) < 4.78 is 4.91. The summed E-state index contributed by atoms with van der Waals surface area (Å²) in [5, 5.41) is 18.8. The van der Waals surface area contributed by atoms with Crippen LogP contribution < -0.4 is 0 Å². The van der Waals surface area contributed by atoms with Crippen molar-refractivity contribution < 1.29 is 19.7 Å². The van der Waals surface area contributed by atoms with E-state index in [0.29, 0.717) is 12.0 Å². The van der Waals surface area contributed by atoms with Crippen molar-refractivity contribution in [1.82, 2.24) is 0 Å². The molecule has 2 N–H and O–H groups in total. The highest BCUT2D eigenvalue weighted by molar-refractivity contribution is 5.87. The van der Waals surface area contributed by atoms with Crippen LogP contribution in [-0.2, 0) is 4.74 Å². The molecule has 0 radical (unpaired) electrons. The van der Waals surface area contributed by atoms with Gasteiger partial charge in [0.15, 0.2) is 0 Å². The average Bonchev–Trinajstić information content (AvgIpc) is 2.37. The maximum Gasteiger partial charge on any atom is 0.335 e. The van der Waals surface area contributed by atoms with Crippen LogP contribution in [0.4, 0.5) is 0 Å². The lowest BCUT2D eigenvalue weighted by Gasteiger charge is -2.18. The normalized spacial score (nSPS) is 13.3. The Morgan fingerprint density at radius 1 is 1.39 bits per heavy atom.